The molecule has 3 N–H and O–H groups in total. The smallest absolute Gasteiger partial charge is 0.280 e. The van der Waals surface area contributed by atoms with Crippen molar-refractivity contribution < 1.29 is 23.8 Å². The molecule has 3 rings (SSSR count). The summed E-state index contributed by atoms with van der Waals surface area (Å²) in [6.45, 7) is 9.12. The minimum Gasteiger partial charge on any atom is -0.334 e. The molecule has 1 aliphatic rings. The molecule has 7 heteroatoms. The highest BCUT2D eigenvalue weighted by atomic mass is 19.1. The van der Waals surface area contributed by atoms with Gasteiger partial charge < -0.3 is 20.0 Å². The maximum atomic E-state index is 13.1. The van der Waals surface area contributed by atoms with Crippen molar-refractivity contribution in [3.8, 4) is 0 Å². The highest BCUT2D eigenvalue weighted by molar-refractivity contribution is 5.91. The molecule has 31 heavy (non-hydrogen) atoms. The Morgan fingerprint density at radius 1 is 1.03 bits per heavy atom. The number of nitrogens with one attached hydrogen (secondary N) is 3. The van der Waals surface area contributed by atoms with Crippen LogP contribution in [0.4, 0.5) is 10.1 Å². The van der Waals surface area contributed by atoms with Crippen molar-refractivity contribution in [1.82, 2.24) is 4.90 Å². The van der Waals surface area contributed by atoms with Crippen molar-refractivity contribution >= 4 is 17.5 Å². The summed E-state index contributed by atoms with van der Waals surface area (Å²) in [5.41, 5.74) is 1.74. The molecule has 0 bridgehead atoms. The van der Waals surface area contributed by atoms with E-state index >= 15 is 0 Å². The lowest BCUT2D eigenvalue weighted by atomic mass is 10.1. The number of rotatable bonds is 8. The number of hydrogen-bond acceptors (Lipinski definition) is 2. The first kappa shape index (κ1) is 22.9. The number of anilines is 1. The Morgan fingerprint density at radius 2 is 1.68 bits per heavy atom. The van der Waals surface area contributed by atoms with Gasteiger partial charge in [-0.15, -0.1) is 0 Å². The number of carbonyl (C=O) groups is 2. The predicted molar refractivity (Wildman–Crippen MR) is 118 cm³/mol. The third-order valence-electron chi connectivity index (χ3n) is 6.03. The molecular weight excluding hydrogens is 395 g/mol. The van der Waals surface area contributed by atoms with Crippen molar-refractivity contribution in [3.63, 3.8) is 0 Å². The van der Waals surface area contributed by atoms with E-state index in [1.165, 1.54) is 21.9 Å². The van der Waals surface area contributed by atoms with Crippen molar-refractivity contribution in [3.05, 3.63) is 66.0 Å². The van der Waals surface area contributed by atoms with Gasteiger partial charge in [-0.2, -0.15) is 0 Å². The molecule has 1 fully saturated rings. The fourth-order valence-corrected chi connectivity index (χ4v) is 4.10. The summed E-state index contributed by atoms with van der Waals surface area (Å²) in [4.78, 5) is 29.8. The van der Waals surface area contributed by atoms with Gasteiger partial charge in [0, 0.05) is 18.8 Å². The summed E-state index contributed by atoms with van der Waals surface area (Å²) in [7, 11) is 0. The molecular formula is C24H33FN4O2+2. The van der Waals surface area contributed by atoms with E-state index in [0.29, 0.717) is 25.3 Å². The zero-order chi connectivity index (χ0) is 22.2. The molecule has 0 unspecified atom stereocenters. The number of hydrogen-bond donors (Lipinski definition) is 3. The Bertz CT molecular complexity index is 852. The highest BCUT2D eigenvalue weighted by Crippen LogP contribution is 2.07. The summed E-state index contributed by atoms with van der Waals surface area (Å²) in [6.07, 6.45) is 0. The fraction of sp³-hybridized carbons (Fsp3) is 0.417. The number of quaternary nitrogens is 2. The van der Waals surface area contributed by atoms with E-state index in [1.54, 1.807) is 12.1 Å². The van der Waals surface area contributed by atoms with Crippen LogP contribution in [0.2, 0.25) is 0 Å². The molecule has 6 nitrogen and oxygen atoms in total. The first-order valence-electron chi connectivity index (χ1n) is 11.0. The van der Waals surface area contributed by atoms with Gasteiger partial charge in [-0.3, -0.25) is 9.59 Å². The second-order valence-corrected chi connectivity index (χ2v) is 8.20. The lowest BCUT2D eigenvalue weighted by Crippen LogP contribution is -3.30. The average Bonchev–Trinajstić information content (AvgIpc) is 2.79. The highest BCUT2D eigenvalue weighted by Gasteiger charge is 2.33. The second-order valence-electron chi connectivity index (χ2n) is 8.20. The zero-order valence-corrected chi connectivity index (χ0v) is 18.4. The third kappa shape index (κ3) is 6.60. The van der Waals surface area contributed by atoms with Crippen LogP contribution in [0.25, 0.3) is 0 Å². The lowest BCUT2D eigenvalue weighted by Gasteiger charge is -2.34. The van der Waals surface area contributed by atoms with E-state index in [1.807, 2.05) is 49.1 Å². The van der Waals surface area contributed by atoms with Crippen LogP contribution in [0.5, 0.6) is 0 Å². The van der Waals surface area contributed by atoms with Gasteiger partial charge in [-0.25, -0.2) is 4.39 Å². The van der Waals surface area contributed by atoms with Gasteiger partial charge in [0.1, 0.15) is 32.0 Å². The predicted octanol–water partition coefficient (Wildman–Crippen LogP) is -0.0152. The van der Waals surface area contributed by atoms with Gasteiger partial charge in [-0.1, -0.05) is 30.3 Å². The summed E-state index contributed by atoms with van der Waals surface area (Å²) < 4.78 is 13.0. The van der Waals surface area contributed by atoms with Crippen LogP contribution < -0.4 is 15.1 Å². The Kier molecular flexibility index (Phi) is 8.14. The average molecular weight is 429 g/mol. The molecule has 1 atom stereocenters. The van der Waals surface area contributed by atoms with Crippen molar-refractivity contribution in [2.45, 2.75) is 26.4 Å². The van der Waals surface area contributed by atoms with Gasteiger partial charge in [-0.05, 0) is 43.7 Å². The molecule has 2 aromatic rings. The van der Waals surface area contributed by atoms with Crippen LogP contribution >= 0.6 is 0 Å². The Balaban J connectivity index is 1.46. The van der Waals surface area contributed by atoms with Crippen LogP contribution in [0.3, 0.4) is 0 Å². The molecule has 2 aromatic carbocycles. The Hall–Kier alpha value is -2.77. The SMILES string of the molecule is CCN(Cc1ccccc1)C(=O)[C@H](C)[NH+]1CC[NH+](CC(=O)Nc2ccc(F)cc2)CC1. The number of halogens is 1. The summed E-state index contributed by atoms with van der Waals surface area (Å²) in [5.74, 6) is -0.218. The number of likely N-dealkylation sites (N-methyl/N-ethyl adjacent to an activating group) is 1. The fourth-order valence-electron chi connectivity index (χ4n) is 4.10. The topological polar surface area (TPSA) is 58.3 Å². The van der Waals surface area contributed by atoms with Crippen LogP contribution in [0.1, 0.15) is 19.4 Å². The van der Waals surface area contributed by atoms with Gasteiger partial charge in [0.15, 0.2) is 12.6 Å². The largest absolute Gasteiger partial charge is 0.334 e. The molecule has 0 aliphatic carbocycles. The van der Waals surface area contributed by atoms with Gasteiger partial charge in [0.25, 0.3) is 11.8 Å². The van der Waals surface area contributed by atoms with Crippen LogP contribution in [-0.4, -0.2) is 62.0 Å². The molecule has 1 heterocycles. The first-order chi connectivity index (χ1) is 15.0. The molecule has 1 saturated heterocycles. The lowest BCUT2D eigenvalue weighted by molar-refractivity contribution is -1.01. The number of amides is 2. The van der Waals surface area contributed by atoms with Gasteiger partial charge >= 0.3 is 0 Å². The standard InChI is InChI=1S/C24H31FN4O2/c1-3-28(17-20-7-5-4-6-8-20)24(31)19(2)29-15-13-27(14-16-29)18-23(30)26-22-11-9-21(25)10-12-22/h4-12,19H,3,13-18H2,1-2H3,(H,26,30)/p+2/t19-/m0/s1. The Morgan fingerprint density at radius 3 is 2.29 bits per heavy atom. The quantitative estimate of drug-likeness (QED) is 0.554. The maximum absolute atomic E-state index is 13.1. The van der Waals surface area contributed by atoms with E-state index in [2.05, 4.69) is 5.32 Å². The molecule has 0 radical (unpaired) electrons. The first-order valence-corrected chi connectivity index (χ1v) is 11.0. The number of carbonyl (C=O) groups excluding carboxylic acids is 2. The van der Waals surface area contributed by atoms with E-state index < -0.39 is 0 Å². The summed E-state index contributed by atoms with van der Waals surface area (Å²) in [6, 6.07) is 15.8. The van der Waals surface area contributed by atoms with Gasteiger partial charge in [0.2, 0.25) is 0 Å². The van der Waals surface area contributed by atoms with Crippen molar-refractivity contribution in [2.75, 3.05) is 44.6 Å². The summed E-state index contributed by atoms with van der Waals surface area (Å²) >= 11 is 0. The normalized spacial score (nSPS) is 19.5. The third-order valence-corrected chi connectivity index (χ3v) is 6.03. The maximum Gasteiger partial charge on any atom is 0.280 e. The number of piperazine rings is 1. The van der Waals surface area contributed by atoms with Crippen LogP contribution in [0, 0.1) is 5.82 Å². The van der Waals surface area contributed by atoms with E-state index in [0.717, 1.165) is 31.7 Å². The number of benzene rings is 2. The molecule has 2 amide bonds. The molecule has 0 aromatic heterocycles. The van der Waals surface area contributed by atoms with E-state index in [-0.39, 0.29) is 23.7 Å². The molecule has 1 aliphatic heterocycles. The van der Waals surface area contributed by atoms with Crippen LogP contribution in [-0.2, 0) is 16.1 Å². The van der Waals surface area contributed by atoms with Crippen molar-refractivity contribution in [1.29, 1.82) is 0 Å². The molecule has 166 valence electrons. The van der Waals surface area contributed by atoms with Gasteiger partial charge in [0.05, 0.1) is 0 Å². The molecule has 0 saturated carbocycles. The van der Waals surface area contributed by atoms with E-state index in [9.17, 15) is 14.0 Å². The second kappa shape index (κ2) is 11.0. The minimum atomic E-state index is -0.322. The minimum absolute atomic E-state index is 0.0748. The van der Waals surface area contributed by atoms with Crippen molar-refractivity contribution in [2.24, 2.45) is 0 Å². The number of nitrogens with zero attached hydrogens (tertiary/aromatic N) is 1. The Labute approximate surface area is 183 Å². The van der Waals surface area contributed by atoms with Crippen LogP contribution in [0.15, 0.2) is 54.6 Å². The monoisotopic (exact) mass is 428 g/mol. The van der Waals surface area contributed by atoms with E-state index in [4.69, 9.17) is 0 Å². The summed E-state index contributed by atoms with van der Waals surface area (Å²) in [5, 5.41) is 2.82. The zero-order valence-electron chi connectivity index (χ0n) is 18.4. The molecule has 0 spiro atoms.